The summed E-state index contributed by atoms with van der Waals surface area (Å²) in [7, 11) is 3.70. The Bertz CT molecular complexity index is 740. The second-order valence-corrected chi connectivity index (χ2v) is 6.32. The van der Waals surface area contributed by atoms with Crippen LogP contribution < -0.4 is 5.46 Å². The molecule has 5 heteroatoms. The van der Waals surface area contributed by atoms with Gasteiger partial charge < -0.3 is 14.4 Å². The van der Waals surface area contributed by atoms with E-state index in [2.05, 4.69) is 58.7 Å². The first-order chi connectivity index (χ1) is 10.1. The second-order valence-electron chi connectivity index (χ2n) is 5.40. The fourth-order valence-electron chi connectivity index (χ4n) is 2.84. The van der Waals surface area contributed by atoms with E-state index in [1.165, 1.54) is 16.2 Å². The first-order valence-electron chi connectivity index (χ1n) is 6.95. The molecule has 3 rings (SSSR count). The SMILES string of the molecule is Bc1ccc2c(c1)c1cc(Br)ccc1n2CC(O)COC. The molecule has 0 saturated carbocycles. The molecule has 0 saturated heterocycles. The summed E-state index contributed by atoms with van der Waals surface area (Å²) in [5.74, 6) is 0. The number of benzene rings is 2. The Morgan fingerprint density at radius 3 is 2.57 bits per heavy atom. The van der Waals surface area contributed by atoms with E-state index in [1.54, 1.807) is 7.11 Å². The van der Waals surface area contributed by atoms with E-state index in [0.29, 0.717) is 13.2 Å². The van der Waals surface area contributed by atoms with Gasteiger partial charge in [-0.3, -0.25) is 0 Å². The van der Waals surface area contributed by atoms with Crippen molar-refractivity contribution in [2.45, 2.75) is 12.6 Å². The Kier molecular flexibility index (Phi) is 4.06. The zero-order chi connectivity index (χ0) is 15.0. The molecule has 1 atom stereocenters. The van der Waals surface area contributed by atoms with Gasteiger partial charge in [0.1, 0.15) is 7.85 Å². The lowest BCUT2D eigenvalue weighted by molar-refractivity contribution is 0.0551. The van der Waals surface area contributed by atoms with Crippen LogP contribution >= 0.6 is 15.9 Å². The first-order valence-corrected chi connectivity index (χ1v) is 7.74. The van der Waals surface area contributed by atoms with Crippen LogP contribution in [0.15, 0.2) is 40.9 Å². The minimum absolute atomic E-state index is 0.337. The van der Waals surface area contributed by atoms with Gasteiger partial charge in [0.15, 0.2) is 0 Å². The van der Waals surface area contributed by atoms with Gasteiger partial charge in [0.2, 0.25) is 0 Å². The molecule has 1 unspecified atom stereocenters. The van der Waals surface area contributed by atoms with Crippen molar-refractivity contribution in [2.24, 2.45) is 0 Å². The largest absolute Gasteiger partial charge is 0.389 e. The summed E-state index contributed by atoms with van der Waals surface area (Å²) in [4.78, 5) is 0. The lowest BCUT2D eigenvalue weighted by Gasteiger charge is -2.13. The van der Waals surface area contributed by atoms with E-state index >= 15 is 0 Å². The molecule has 0 amide bonds. The van der Waals surface area contributed by atoms with Gasteiger partial charge in [-0.05, 0) is 24.3 Å². The topological polar surface area (TPSA) is 34.4 Å². The maximum atomic E-state index is 10.1. The maximum Gasteiger partial charge on any atom is 0.139 e. The molecular weight excluding hydrogens is 329 g/mol. The van der Waals surface area contributed by atoms with Crippen LogP contribution in [0.2, 0.25) is 0 Å². The number of fused-ring (bicyclic) bond motifs is 3. The number of rotatable bonds is 4. The minimum Gasteiger partial charge on any atom is -0.389 e. The molecule has 0 radical (unpaired) electrons. The van der Waals surface area contributed by atoms with Crippen LogP contribution in [0.5, 0.6) is 0 Å². The second kappa shape index (κ2) is 5.83. The number of halogens is 1. The molecule has 0 aliphatic rings. The molecule has 3 aromatic rings. The summed E-state index contributed by atoms with van der Waals surface area (Å²) in [6, 6.07) is 12.7. The third-order valence-corrected chi connectivity index (χ3v) is 4.23. The van der Waals surface area contributed by atoms with Gasteiger partial charge in [-0.2, -0.15) is 0 Å². The maximum absolute atomic E-state index is 10.1. The molecule has 0 fully saturated rings. The standard InChI is InChI=1S/C16H17BBrNO2/c1-21-9-12(20)8-19-15-4-2-10(17)6-13(15)14-7-11(18)3-5-16(14)19/h2-7,12,20H,8-9,17H2,1H3. The van der Waals surface area contributed by atoms with Crippen LogP contribution in [-0.2, 0) is 11.3 Å². The zero-order valence-electron chi connectivity index (χ0n) is 12.1. The molecule has 21 heavy (non-hydrogen) atoms. The Morgan fingerprint density at radius 2 is 1.86 bits per heavy atom. The number of ether oxygens (including phenoxy) is 1. The van der Waals surface area contributed by atoms with Crippen LogP contribution in [-0.4, -0.2) is 37.3 Å². The van der Waals surface area contributed by atoms with Crippen molar-refractivity contribution in [1.82, 2.24) is 4.57 Å². The summed E-state index contributed by atoms with van der Waals surface area (Å²) in [5, 5.41) is 12.5. The van der Waals surface area contributed by atoms with Crippen LogP contribution in [0.25, 0.3) is 21.8 Å². The molecule has 1 aromatic heterocycles. The predicted molar refractivity (Wildman–Crippen MR) is 93.2 cm³/mol. The van der Waals surface area contributed by atoms with Crippen LogP contribution in [0.1, 0.15) is 0 Å². The highest BCUT2D eigenvalue weighted by Gasteiger charge is 2.14. The van der Waals surface area contributed by atoms with Crippen molar-refractivity contribution in [3.63, 3.8) is 0 Å². The summed E-state index contributed by atoms with van der Waals surface area (Å²) >= 11 is 3.54. The highest BCUT2D eigenvalue weighted by Crippen LogP contribution is 2.30. The van der Waals surface area contributed by atoms with Crippen molar-refractivity contribution in [3.8, 4) is 0 Å². The van der Waals surface area contributed by atoms with Crippen LogP contribution in [0.3, 0.4) is 0 Å². The highest BCUT2D eigenvalue weighted by molar-refractivity contribution is 9.10. The predicted octanol–water partition coefficient (Wildman–Crippen LogP) is 1.82. The van der Waals surface area contributed by atoms with E-state index < -0.39 is 6.10 Å². The lowest BCUT2D eigenvalue weighted by Crippen LogP contribution is -2.21. The number of hydrogen-bond acceptors (Lipinski definition) is 2. The molecule has 0 aliphatic heterocycles. The number of hydrogen-bond donors (Lipinski definition) is 1. The zero-order valence-corrected chi connectivity index (χ0v) is 13.7. The molecule has 0 bridgehead atoms. The van der Waals surface area contributed by atoms with Crippen molar-refractivity contribution in [1.29, 1.82) is 0 Å². The number of aliphatic hydroxyl groups excluding tert-OH is 1. The highest BCUT2D eigenvalue weighted by atomic mass is 79.9. The summed E-state index contributed by atoms with van der Waals surface area (Å²) in [6.07, 6.45) is -0.515. The van der Waals surface area contributed by atoms with Gasteiger partial charge in [0.25, 0.3) is 0 Å². The third-order valence-electron chi connectivity index (χ3n) is 3.73. The molecule has 0 spiro atoms. The third kappa shape index (κ3) is 2.73. The number of nitrogens with zero attached hydrogens (tertiary/aromatic N) is 1. The van der Waals surface area contributed by atoms with Crippen molar-refractivity contribution in [2.75, 3.05) is 13.7 Å². The van der Waals surface area contributed by atoms with Crippen molar-refractivity contribution >= 4 is 51.0 Å². The number of aromatic nitrogens is 1. The quantitative estimate of drug-likeness (QED) is 0.732. The Hall–Kier alpha value is -1.30. The van der Waals surface area contributed by atoms with Gasteiger partial charge >= 0.3 is 0 Å². The van der Waals surface area contributed by atoms with Crippen molar-refractivity contribution < 1.29 is 9.84 Å². The van der Waals surface area contributed by atoms with Gasteiger partial charge in [-0.25, -0.2) is 0 Å². The number of aliphatic hydroxyl groups is 1. The van der Waals surface area contributed by atoms with E-state index in [4.69, 9.17) is 4.74 Å². The molecule has 0 aliphatic carbocycles. The lowest BCUT2D eigenvalue weighted by atomic mass is 9.94. The normalized spacial score (nSPS) is 13.1. The Morgan fingerprint density at radius 1 is 1.19 bits per heavy atom. The monoisotopic (exact) mass is 345 g/mol. The van der Waals surface area contributed by atoms with Crippen molar-refractivity contribution in [3.05, 3.63) is 40.9 Å². The first kappa shape index (κ1) is 14.6. The summed E-state index contributed by atoms with van der Waals surface area (Å²) in [6.45, 7) is 0.863. The van der Waals surface area contributed by atoms with Gasteiger partial charge in [0.05, 0.1) is 19.3 Å². The molecule has 108 valence electrons. The summed E-state index contributed by atoms with van der Waals surface area (Å²) < 4.78 is 8.27. The van der Waals surface area contributed by atoms with Crippen LogP contribution in [0.4, 0.5) is 0 Å². The average Bonchev–Trinajstić information content (AvgIpc) is 2.72. The van der Waals surface area contributed by atoms with E-state index in [1.807, 2.05) is 6.07 Å². The molecule has 1 N–H and O–H groups in total. The smallest absolute Gasteiger partial charge is 0.139 e. The average molecular weight is 346 g/mol. The fraction of sp³-hybridized carbons (Fsp3) is 0.250. The van der Waals surface area contributed by atoms with Gasteiger partial charge in [-0.15, -0.1) is 0 Å². The molecular formula is C16H17BBrNO2. The minimum atomic E-state index is -0.515. The van der Waals surface area contributed by atoms with E-state index in [9.17, 15) is 5.11 Å². The molecule has 3 nitrogen and oxygen atoms in total. The summed E-state index contributed by atoms with van der Waals surface area (Å²) in [5.41, 5.74) is 3.51. The fourth-order valence-corrected chi connectivity index (χ4v) is 3.20. The van der Waals surface area contributed by atoms with Crippen LogP contribution in [0, 0.1) is 0 Å². The molecule has 2 aromatic carbocycles. The van der Waals surface area contributed by atoms with Gasteiger partial charge in [-0.1, -0.05) is 33.5 Å². The van der Waals surface area contributed by atoms with Gasteiger partial charge in [0, 0.05) is 33.4 Å². The van der Waals surface area contributed by atoms with E-state index in [0.717, 1.165) is 15.5 Å². The Labute approximate surface area is 133 Å². The molecule has 1 heterocycles. The Balaban J connectivity index is 2.24. The van der Waals surface area contributed by atoms with E-state index in [-0.39, 0.29) is 0 Å². The number of methoxy groups -OCH3 is 1.